The van der Waals surface area contributed by atoms with Crippen LogP contribution in [0.1, 0.15) is 11.1 Å². The summed E-state index contributed by atoms with van der Waals surface area (Å²) in [6, 6.07) is 3.76. The molecule has 1 aromatic carbocycles. The minimum Gasteiger partial charge on any atom is -0.507 e. The number of hydrogen-bond donors (Lipinski definition) is 2. The Bertz CT molecular complexity index is 576. The third-order valence-corrected chi connectivity index (χ3v) is 3.31. The van der Waals surface area contributed by atoms with E-state index in [0.717, 1.165) is 27.0 Å². The molecule has 94 valence electrons. The van der Waals surface area contributed by atoms with Gasteiger partial charge in [-0.05, 0) is 53.0 Å². The first-order chi connectivity index (χ1) is 8.52. The molecule has 2 N–H and O–H groups in total. The minimum absolute atomic E-state index is 0.324. The first kappa shape index (κ1) is 12.8. The van der Waals surface area contributed by atoms with E-state index in [1.54, 1.807) is 6.20 Å². The first-order valence-corrected chi connectivity index (χ1v) is 6.33. The Morgan fingerprint density at radius 2 is 1.83 bits per heavy atom. The number of rotatable bonds is 2. The van der Waals surface area contributed by atoms with Crippen LogP contribution in [0.2, 0.25) is 0 Å². The highest BCUT2D eigenvalue weighted by Gasteiger charge is 2.09. The average molecular weight is 308 g/mol. The largest absolute Gasteiger partial charge is 0.507 e. The number of aromatic hydroxyl groups is 1. The Morgan fingerprint density at radius 1 is 1.22 bits per heavy atom. The summed E-state index contributed by atoms with van der Waals surface area (Å²) in [6.45, 7) is 3.73. The van der Waals surface area contributed by atoms with Gasteiger partial charge in [0.15, 0.2) is 5.82 Å². The minimum atomic E-state index is 0.324. The van der Waals surface area contributed by atoms with Crippen LogP contribution in [-0.2, 0) is 0 Å². The summed E-state index contributed by atoms with van der Waals surface area (Å²) < 4.78 is 0.820. The predicted molar refractivity (Wildman–Crippen MR) is 75.9 cm³/mol. The SMILES string of the molecule is CNc1nc(-c2cc(C)c(O)c(C)c2)ncc1Br. The van der Waals surface area contributed by atoms with Crippen molar-refractivity contribution in [1.82, 2.24) is 9.97 Å². The molecule has 0 amide bonds. The molecule has 2 aromatic rings. The van der Waals surface area contributed by atoms with E-state index >= 15 is 0 Å². The van der Waals surface area contributed by atoms with Crippen LogP contribution in [0.3, 0.4) is 0 Å². The van der Waals surface area contributed by atoms with Crippen molar-refractivity contribution < 1.29 is 5.11 Å². The molecule has 2 rings (SSSR count). The lowest BCUT2D eigenvalue weighted by molar-refractivity contribution is 0.467. The number of nitrogens with zero attached hydrogens (tertiary/aromatic N) is 2. The average Bonchev–Trinajstić information content (AvgIpc) is 2.36. The number of phenols is 1. The molecule has 1 heterocycles. The Balaban J connectivity index is 2.55. The molecule has 0 fully saturated rings. The maximum atomic E-state index is 9.76. The van der Waals surface area contributed by atoms with Gasteiger partial charge in [0.2, 0.25) is 0 Å². The standard InChI is InChI=1S/C13H14BrN3O/c1-7-4-9(5-8(2)11(7)18)12-16-6-10(14)13(15-3)17-12/h4-6,18H,1-3H3,(H,15,16,17). The zero-order chi connectivity index (χ0) is 13.3. The molecule has 0 unspecified atom stereocenters. The van der Waals surface area contributed by atoms with Crippen molar-refractivity contribution in [3.8, 4) is 17.1 Å². The number of aryl methyl sites for hydroxylation is 2. The van der Waals surface area contributed by atoms with Crippen LogP contribution in [0.15, 0.2) is 22.8 Å². The number of nitrogens with one attached hydrogen (secondary N) is 1. The normalized spacial score (nSPS) is 10.4. The van der Waals surface area contributed by atoms with Crippen LogP contribution in [0.4, 0.5) is 5.82 Å². The van der Waals surface area contributed by atoms with Gasteiger partial charge in [-0.15, -0.1) is 0 Å². The van der Waals surface area contributed by atoms with E-state index in [4.69, 9.17) is 0 Å². The number of anilines is 1. The smallest absolute Gasteiger partial charge is 0.161 e. The Labute approximate surface area is 114 Å². The zero-order valence-electron chi connectivity index (χ0n) is 10.5. The zero-order valence-corrected chi connectivity index (χ0v) is 12.0. The molecule has 0 bridgehead atoms. The van der Waals surface area contributed by atoms with E-state index in [1.807, 2.05) is 33.0 Å². The fraction of sp³-hybridized carbons (Fsp3) is 0.231. The van der Waals surface area contributed by atoms with Gasteiger partial charge in [-0.25, -0.2) is 9.97 Å². The Kier molecular flexibility index (Phi) is 3.52. The third-order valence-electron chi connectivity index (χ3n) is 2.73. The summed E-state index contributed by atoms with van der Waals surface area (Å²) in [6.07, 6.45) is 1.71. The van der Waals surface area contributed by atoms with Crippen LogP contribution < -0.4 is 5.32 Å². The monoisotopic (exact) mass is 307 g/mol. The topological polar surface area (TPSA) is 58.0 Å². The number of benzene rings is 1. The summed E-state index contributed by atoms with van der Waals surface area (Å²) in [5.41, 5.74) is 2.54. The van der Waals surface area contributed by atoms with Gasteiger partial charge in [0.1, 0.15) is 11.6 Å². The van der Waals surface area contributed by atoms with Crippen LogP contribution >= 0.6 is 15.9 Å². The first-order valence-electron chi connectivity index (χ1n) is 5.53. The molecule has 18 heavy (non-hydrogen) atoms. The van der Waals surface area contributed by atoms with Crippen molar-refractivity contribution in [2.24, 2.45) is 0 Å². The van der Waals surface area contributed by atoms with Crippen molar-refractivity contribution in [2.75, 3.05) is 12.4 Å². The quantitative estimate of drug-likeness (QED) is 0.894. The molecule has 0 spiro atoms. The molecule has 0 aliphatic heterocycles. The molecule has 5 heteroatoms. The predicted octanol–water partition coefficient (Wildman–Crippen LogP) is 3.27. The third kappa shape index (κ3) is 2.31. The second kappa shape index (κ2) is 4.94. The molecule has 0 saturated carbocycles. The van der Waals surface area contributed by atoms with E-state index in [9.17, 15) is 5.11 Å². The lowest BCUT2D eigenvalue weighted by Gasteiger charge is -2.09. The number of aromatic nitrogens is 2. The maximum absolute atomic E-state index is 9.76. The summed E-state index contributed by atoms with van der Waals surface area (Å²) in [5.74, 6) is 1.70. The van der Waals surface area contributed by atoms with E-state index in [0.29, 0.717) is 11.6 Å². The number of halogens is 1. The molecular weight excluding hydrogens is 294 g/mol. The van der Waals surface area contributed by atoms with Gasteiger partial charge in [-0.1, -0.05) is 0 Å². The van der Waals surface area contributed by atoms with Gasteiger partial charge in [0.25, 0.3) is 0 Å². The number of hydrogen-bond acceptors (Lipinski definition) is 4. The molecule has 1 aromatic heterocycles. The van der Waals surface area contributed by atoms with Crippen molar-refractivity contribution >= 4 is 21.7 Å². The van der Waals surface area contributed by atoms with E-state index in [-0.39, 0.29) is 0 Å². The van der Waals surface area contributed by atoms with Gasteiger partial charge in [-0.2, -0.15) is 0 Å². The highest BCUT2D eigenvalue weighted by atomic mass is 79.9. The summed E-state index contributed by atoms with van der Waals surface area (Å²) in [5, 5.41) is 12.8. The molecule has 4 nitrogen and oxygen atoms in total. The highest BCUT2D eigenvalue weighted by Crippen LogP contribution is 2.29. The lowest BCUT2D eigenvalue weighted by Crippen LogP contribution is -1.98. The summed E-state index contributed by atoms with van der Waals surface area (Å²) in [4.78, 5) is 8.71. The van der Waals surface area contributed by atoms with Crippen molar-refractivity contribution in [3.05, 3.63) is 33.9 Å². The molecule has 0 atom stereocenters. The second-order valence-corrected chi connectivity index (χ2v) is 4.95. The highest BCUT2D eigenvalue weighted by molar-refractivity contribution is 9.10. The number of phenolic OH excluding ortho intramolecular Hbond substituents is 1. The van der Waals surface area contributed by atoms with Crippen LogP contribution in [0.5, 0.6) is 5.75 Å². The van der Waals surface area contributed by atoms with Crippen molar-refractivity contribution in [3.63, 3.8) is 0 Å². The maximum Gasteiger partial charge on any atom is 0.161 e. The lowest BCUT2D eigenvalue weighted by atomic mass is 10.1. The molecule has 0 aliphatic carbocycles. The molecule has 0 aliphatic rings. The molecular formula is C13H14BrN3O. The van der Waals surface area contributed by atoms with Crippen LogP contribution in [-0.4, -0.2) is 22.1 Å². The molecule has 0 radical (unpaired) electrons. The van der Waals surface area contributed by atoms with Gasteiger partial charge >= 0.3 is 0 Å². The van der Waals surface area contributed by atoms with Gasteiger partial charge in [0, 0.05) is 18.8 Å². The van der Waals surface area contributed by atoms with Crippen LogP contribution in [0, 0.1) is 13.8 Å². The van der Waals surface area contributed by atoms with E-state index < -0.39 is 0 Å². The van der Waals surface area contributed by atoms with Crippen LogP contribution in [0.25, 0.3) is 11.4 Å². The van der Waals surface area contributed by atoms with Gasteiger partial charge in [0.05, 0.1) is 4.47 Å². The van der Waals surface area contributed by atoms with E-state index in [2.05, 4.69) is 31.2 Å². The Morgan fingerprint density at radius 3 is 2.39 bits per heavy atom. The molecule has 0 saturated heterocycles. The van der Waals surface area contributed by atoms with Gasteiger partial charge in [-0.3, -0.25) is 0 Å². The van der Waals surface area contributed by atoms with Crippen molar-refractivity contribution in [2.45, 2.75) is 13.8 Å². The summed E-state index contributed by atoms with van der Waals surface area (Å²) >= 11 is 3.38. The second-order valence-electron chi connectivity index (χ2n) is 4.10. The fourth-order valence-corrected chi connectivity index (χ4v) is 2.16. The fourth-order valence-electron chi connectivity index (χ4n) is 1.77. The van der Waals surface area contributed by atoms with E-state index in [1.165, 1.54) is 0 Å². The Hall–Kier alpha value is -1.62. The van der Waals surface area contributed by atoms with Crippen molar-refractivity contribution in [1.29, 1.82) is 0 Å². The van der Waals surface area contributed by atoms with Gasteiger partial charge < -0.3 is 10.4 Å². The summed E-state index contributed by atoms with van der Waals surface area (Å²) in [7, 11) is 1.81.